The van der Waals surface area contributed by atoms with Crippen LogP contribution in [0.5, 0.6) is 17.2 Å². The van der Waals surface area contributed by atoms with Crippen LogP contribution < -0.4 is 19.5 Å². The van der Waals surface area contributed by atoms with E-state index in [9.17, 15) is 4.79 Å². The number of nitrogens with one attached hydrogen (secondary N) is 1. The van der Waals surface area contributed by atoms with E-state index in [1.54, 1.807) is 18.3 Å². The van der Waals surface area contributed by atoms with Gasteiger partial charge in [-0.1, -0.05) is 6.58 Å². The van der Waals surface area contributed by atoms with Crippen molar-refractivity contribution in [3.8, 4) is 28.6 Å². The summed E-state index contributed by atoms with van der Waals surface area (Å²) in [6.07, 6.45) is 5.86. The summed E-state index contributed by atoms with van der Waals surface area (Å²) in [7, 11) is 1.60. The number of carbonyl (C=O) groups excluding carboxylic acids is 1. The highest BCUT2D eigenvalue weighted by atomic mass is 16.6. The SMILES string of the molecule is C=CC(=O)N1CCC(Oc2cc3c(Nc4cc(-c5ccco5)ccc4OC4COC4)ncnc3cc2OC)CC1. The number of hydrogen-bond acceptors (Lipinski definition) is 9. The zero-order chi connectivity index (χ0) is 27.5. The van der Waals surface area contributed by atoms with Gasteiger partial charge in [0.2, 0.25) is 5.91 Å². The molecular weight excluding hydrogens is 512 g/mol. The number of amides is 1. The van der Waals surface area contributed by atoms with Crippen molar-refractivity contribution in [2.75, 3.05) is 38.7 Å². The fourth-order valence-corrected chi connectivity index (χ4v) is 4.83. The molecule has 2 fully saturated rings. The van der Waals surface area contributed by atoms with E-state index < -0.39 is 0 Å². The Balaban J connectivity index is 1.31. The van der Waals surface area contributed by atoms with E-state index in [-0.39, 0.29) is 18.1 Å². The van der Waals surface area contributed by atoms with E-state index >= 15 is 0 Å². The maximum Gasteiger partial charge on any atom is 0.245 e. The van der Waals surface area contributed by atoms with E-state index in [2.05, 4.69) is 21.9 Å². The number of rotatable bonds is 9. The van der Waals surface area contributed by atoms with Gasteiger partial charge in [0.1, 0.15) is 35.9 Å². The highest BCUT2D eigenvalue weighted by Crippen LogP contribution is 2.39. The van der Waals surface area contributed by atoms with Crippen LogP contribution in [0.4, 0.5) is 11.5 Å². The number of hydrogen-bond donors (Lipinski definition) is 1. The molecule has 0 bridgehead atoms. The van der Waals surface area contributed by atoms with Crippen LogP contribution in [0.1, 0.15) is 12.8 Å². The fourth-order valence-electron chi connectivity index (χ4n) is 4.83. The van der Waals surface area contributed by atoms with Crippen molar-refractivity contribution in [3.63, 3.8) is 0 Å². The molecule has 4 aromatic rings. The number of anilines is 2. The number of ether oxygens (including phenoxy) is 4. The second kappa shape index (κ2) is 11.3. The molecule has 206 valence electrons. The van der Waals surface area contributed by atoms with Gasteiger partial charge < -0.3 is 33.6 Å². The average Bonchev–Trinajstić information content (AvgIpc) is 3.51. The molecular formula is C30H30N4O6. The molecule has 1 N–H and O–H groups in total. The van der Waals surface area contributed by atoms with Gasteiger partial charge in [0.25, 0.3) is 0 Å². The van der Waals surface area contributed by atoms with Crippen LogP contribution in [0, 0.1) is 0 Å². The zero-order valence-electron chi connectivity index (χ0n) is 22.2. The lowest BCUT2D eigenvalue weighted by molar-refractivity contribution is -0.127. The normalized spacial score (nSPS) is 15.9. The predicted molar refractivity (Wildman–Crippen MR) is 149 cm³/mol. The summed E-state index contributed by atoms with van der Waals surface area (Å²) in [6.45, 7) is 5.91. The number of benzene rings is 2. The predicted octanol–water partition coefficient (Wildman–Crippen LogP) is 4.98. The lowest BCUT2D eigenvalue weighted by Crippen LogP contribution is -2.41. The Bertz CT molecular complexity index is 1510. The van der Waals surface area contributed by atoms with Crippen molar-refractivity contribution in [2.24, 2.45) is 0 Å². The molecule has 40 heavy (non-hydrogen) atoms. The van der Waals surface area contributed by atoms with E-state index in [1.807, 2.05) is 42.5 Å². The smallest absolute Gasteiger partial charge is 0.245 e. The molecule has 0 radical (unpaired) electrons. The molecule has 0 aliphatic carbocycles. The molecule has 10 nitrogen and oxygen atoms in total. The molecule has 0 saturated carbocycles. The Hall–Kier alpha value is -4.57. The topological polar surface area (TPSA) is 108 Å². The maximum atomic E-state index is 12.0. The molecule has 10 heteroatoms. The molecule has 2 aromatic heterocycles. The molecule has 2 aliphatic heterocycles. The summed E-state index contributed by atoms with van der Waals surface area (Å²) in [4.78, 5) is 22.8. The van der Waals surface area contributed by atoms with Gasteiger partial charge in [-0.2, -0.15) is 0 Å². The molecule has 0 unspecified atom stereocenters. The first-order chi connectivity index (χ1) is 19.6. The molecule has 2 saturated heterocycles. The van der Waals surface area contributed by atoms with Crippen molar-refractivity contribution in [2.45, 2.75) is 25.0 Å². The Morgan fingerprint density at radius 2 is 1.88 bits per heavy atom. The standard InChI is InChI=1S/C30H30N4O6/c1-3-29(35)34-10-8-20(9-11-34)39-28-14-22-23(15-27(28)36-2)31-18-32-30(22)33-24-13-19(25-5-4-12-38-25)6-7-26(24)40-21-16-37-17-21/h3-7,12-15,18,20-21H,1,8-11,16-17H2,2H3,(H,31,32,33). The molecule has 0 spiro atoms. The highest BCUT2D eigenvalue weighted by Gasteiger charge is 2.25. The van der Waals surface area contributed by atoms with Crippen LogP contribution in [-0.4, -0.2) is 66.4 Å². The quantitative estimate of drug-likeness (QED) is 0.293. The van der Waals surface area contributed by atoms with Gasteiger partial charge >= 0.3 is 0 Å². The van der Waals surface area contributed by atoms with Gasteiger partial charge in [-0.3, -0.25) is 4.79 Å². The van der Waals surface area contributed by atoms with E-state index in [4.69, 9.17) is 23.4 Å². The minimum atomic E-state index is -0.0593. The summed E-state index contributed by atoms with van der Waals surface area (Å²) in [5.41, 5.74) is 2.33. The lowest BCUT2D eigenvalue weighted by atomic mass is 10.1. The van der Waals surface area contributed by atoms with Gasteiger partial charge in [0.15, 0.2) is 11.5 Å². The van der Waals surface area contributed by atoms with Crippen LogP contribution in [0.3, 0.4) is 0 Å². The van der Waals surface area contributed by atoms with Crippen LogP contribution in [0.15, 0.2) is 72.1 Å². The second-order valence-corrected chi connectivity index (χ2v) is 9.68. The number of methoxy groups -OCH3 is 1. The number of likely N-dealkylation sites (tertiary alicyclic amines) is 1. The second-order valence-electron chi connectivity index (χ2n) is 9.68. The third-order valence-electron chi connectivity index (χ3n) is 7.08. The molecule has 4 heterocycles. The minimum Gasteiger partial charge on any atom is -0.493 e. The monoisotopic (exact) mass is 542 g/mol. The maximum absolute atomic E-state index is 12.0. The number of fused-ring (bicyclic) bond motifs is 1. The minimum absolute atomic E-state index is 0.00499. The van der Waals surface area contributed by atoms with Crippen LogP contribution in [0.2, 0.25) is 0 Å². The summed E-state index contributed by atoms with van der Waals surface area (Å²) < 4.78 is 29.1. The van der Waals surface area contributed by atoms with Gasteiger partial charge in [0.05, 0.1) is 37.8 Å². The molecule has 6 rings (SSSR count). The van der Waals surface area contributed by atoms with Gasteiger partial charge in [-0.25, -0.2) is 9.97 Å². The average molecular weight is 543 g/mol. The number of piperidine rings is 1. The summed E-state index contributed by atoms with van der Waals surface area (Å²) in [6, 6.07) is 13.4. The van der Waals surface area contributed by atoms with E-state index in [0.29, 0.717) is 67.7 Å². The number of furan rings is 1. The Morgan fingerprint density at radius 3 is 2.58 bits per heavy atom. The molecule has 0 atom stereocenters. The first-order valence-electron chi connectivity index (χ1n) is 13.2. The number of aromatic nitrogens is 2. The summed E-state index contributed by atoms with van der Waals surface area (Å²) in [5.74, 6) is 3.13. The summed E-state index contributed by atoms with van der Waals surface area (Å²) in [5, 5.41) is 4.22. The van der Waals surface area contributed by atoms with Crippen molar-refractivity contribution >= 4 is 28.3 Å². The highest BCUT2D eigenvalue weighted by molar-refractivity contribution is 5.93. The molecule has 1 amide bonds. The first kappa shape index (κ1) is 25.7. The van der Waals surface area contributed by atoms with Crippen molar-refractivity contribution < 1.29 is 28.2 Å². The van der Waals surface area contributed by atoms with Crippen molar-refractivity contribution in [1.29, 1.82) is 0 Å². The third-order valence-corrected chi connectivity index (χ3v) is 7.08. The zero-order valence-corrected chi connectivity index (χ0v) is 22.2. The Kier molecular flexibility index (Phi) is 7.24. The Morgan fingerprint density at radius 1 is 1.05 bits per heavy atom. The first-order valence-corrected chi connectivity index (χ1v) is 13.2. The Labute approximate surface area is 231 Å². The van der Waals surface area contributed by atoms with E-state index in [1.165, 1.54) is 12.4 Å². The fraction of sp³-hybridized carbons (Fsp3) is 0.300. The largest absolute Gasteiger partial charge is 0.493 e. The molecule has 2 aliphatic rings. The van der Waals surface area contributed by atoms with Crippen LogP contribution >= 0.6 is 0 Å². The van der Waals surface area contributed by atoms with E-state index in [0.717, 1.165) is 22.4 Å². The van der Waals surface area contributed by atoms with Crippen molar-refractivity contribution in [1.82, 2.24) is 14.9 Å². The number of carbonyl (C=O) groups is 1. The molecule has 2 aromatic carbocycles. The van der Waals surface area contributed by atoms with Crippen LogP contribution in [0.25, 0.3) is 22.2 Å². The summed E-state index contributed by atoms with van der Waals surface area (Å²) >= 11 is 0. The van der Waals surface area contributed by atoms with Gasteiger partial charge in [-0.15, -0.1) is 0 Å². The number of nitrogens with zero attached hydrogens (tertiary/aromatic N) is 3. The lowest BCUT2D eigenvalue weighted by Gasteiger charge is -2.31. The van der Waals surface area contributed by atoms with Crippen LogP contribution in [-0.2, 0) is 9.53 Å². The van der Waals surface area contributed by atoms with Gasteiger partial charge in [0, 0.05) is 42.9 Å². The van der Waals surface area contributed by atoms with Gasteiger partial charge in [-0.05, 0) is 42.5 Å². The van der Waals surface area contributed by atoms with Crippen molar-refractivity contribution in [3.05, 3.63) is 67.7 Å². The third kappa shape index (κ3) is 5.30.